The van der Waals surface area contributed by atoms with Gasteiger partial charge in [0.1, 0.15) is 17.3 Å². The van der Waals surface area contributed by atoms with Crippen molar-refractivity contribution in [3.63, 3.8) is 0 Å². The molecule has 6 nitrogen and oxygen atoms in total. The van der Waals surface area contributed by atoms with Crippen LogP contribution in [0.2, 0.25) is 0 Å². The molecule has 0 aliphatic carbocycles. The molecule has 0 atom stereocenters. The van der Waals surface area contributed by atoms with Gasteiger partial charge in [0.15, 0.2) is 5.75 Å². The average Bonchev–Trinajstić information content (AvgIpc) is 2.75. The number of amides is 2. The first-order chi connectivity index (χ1) is 14.6. The molecule has 3 aromatic carbocycles. The van der Waals surface area contributed by atoms with Crippen molar-refractivity contribution in [3.05, 3.63) is 84.2 Å². The number of ether oxygens (including phenoxy) is 2. The predicted octanol–water partition coefficient (Wildman–Crippen LogP) is 4.65. The second kappa shape index (κ2) is 10.3. The lowest BCUT2D eigenvalue weighted by molar-refractivity contribution is 0.184. The zero-order valence-electron chi connectivity index (χ0n) is 16.5. The Morgan fingerprint density at radius 1 is 1.03 bits per heavy atom. The molecule has 30 heavy (non-hydrogen) atoms. The SMILES string of the molecule is COc1ccccc1CN(CCO)C(=O)Nc1ccccc1Oc1cccc(F)c1. The van der Waals surface area contributed by atoms with Crippen LogP contribution in [0.1, 0.15) is 5.56 Å². The van der Waals surface area contributed by atoms with E-state index < -0.39 is 11.8 Å². The standard InChI is InChI=1S/C23H23FN2O4/c1-29-21-11-4-2-7-17(21)16-26(13-14-27)23(28)25-20-10-3-5-12-22(20)30-19-9-6-8-18(24)15-19/h2-12,15,27H,13-14,16H2,1H3,(H,25,28). The minimum atomic E-state index is -0.417. The van der Waals surface area contributed by atoms with Crippen molar-refractivity contribution in [2.45, 2.75) is 6.54 Å². The van der Waals surface area contributed by atoms with Gasteiger partial charge in [0.25, 0.3) is 0 Å². The summed E-state index contributed by atoms with van der Waals surface area (Å²) in [5.41, 5.74) is 1.24. The number of anilines is 1. The van der Waals surface area contributed by atoms with E-state index in [4.69, 9.17) is 9.47 Å². The van der Waals surface area contributed by atoms with E-state index in [1.165, 1.54) is 17.0 Å². The van der Waals surface area contributed by atoms with Crippen LogP contribution in [0.3, 0.4) is 0 Å². The zero-order valence-corrected chi connectivity index (χ0v) is 16.5. The summed E-state index contributed by atoms with van der Waals surface area (Å²) in [5.74, 6) is 0.929. The van der Waals surface area contributed by atoms with Crippen LogP contribution >= 0.6 is 0 Å². The monoisotopic (exact) mass is 410 g/mol. The zero-order chi connectivity index (χ0) is 21.3. The van der Waals surface area contributed by atoms with Crippen molar-refractivity contribution in [1.82, 2.24) is 4.90 Å². The number of para-hydroxylation sites is 3. The molecule has 2 N–H and O–H groups in total. The van der Waals surface area contributed by atoms with E-state index in [1.54, 1.807) is 43.5 Å². The molecule has 0 aliphatic rings. The number of rotatable bonds is 8. The lowest BCUT2D eigenvalue weighted by Gasteiger charge is -2.24. The van der Waals surface area contributed by atoms with Crippen LogP contribution in [0.15, 0.2) is 72.8 Å². The van der Waals surface area contributed by atoms with Gasteiger partial charge in [-0.2, -0.15) is 0 Å². The van der Waals surface area contributed by atoms with Crippen molar-refractivity contribution in [1.29, 1.82) is 0 Å². The minimum absolute atomic E-state index is 0.136. The maximum atomic E-state index is 13.4. The Morgan fingerprint density at radius 2 is 1.77 bits per heavy atom. The van der Waals surface area contributed by atoms with E-state index in [0.717, 1.165) is 5.56 Å². The predicted molar refractivity (Wildman–Crippen MR) is 112 cm³/mol. The van der Waals surface area contributed by atoms with Crippen molar-refractivity contribution >= 4 is 11.7 Å². The van der Waals surface area contributed by atoms with Gasteiger partial charge in [0, 0.05) is 18.2 Å². The Kier molecular flexibility index (Phi) is 7.24. The van der Waals surface area contributed by atoms with E-state index in [2.05, 4.69) is 5.32 Å². The summed E-state index contributed by atoms with van der Waals surface area (Å²) in [6.45, 7) is 0.199. The van der Waals surface area contributed by atoms with Gasteiger partial charge in [-0.1, -0.05) is 36.4 Å². The van der Waals surface area contributed by atoms with Gasteiger partial charge >= 0.3 is 6.03 Å². The van der Waals surface area contributed by atoms with Crippen molar-refractivity contribution < 1.29 is 23.8 Å². The Labute approximate surface area is 174 Å². The van der Waals surface area contributed by atoms with E-state index in [9.17, 15) is 14.3 Å². The van der Waals surface area contributed by atoms with Crippen molar-refractivity contribution in [2.75, 3.05) is 25.6 Å². The van der Waals surface area contributed by atoms with Gasteiger partial charge in [-0.05, 0) is 30.3 Å². The van der Waals surface area contributed by atoms with Gasteiger partial charge in [0.05, 0.1) is 25.9 Å². The first-order valence-corrected chi connectivity index (χ1v) is 9.42. The van der Waals surface area contributed by atoms with Gasteiger partial charge < -0.3 is 24.8 Å². The van der Waals surface area contributed by atoms with E-state index in [-0.39, 0.29) is 19.7 Å². The van der Waals surface area contributed by atoms with Gasteiger partial charge in [-0.25, -0.2) is 9.18 Å². The third-order valence-corrected chi connectivity index (χ3v) is 4.36. The van der Waals surface area contributed by atoms with Crippen LogP contribution < -0.4 is 14.8 Å². The summed E-state index contributed by atoms with van der Waals surface area (Å²) in [6.07, 6.45) is 0. The molecule has 0 unspecified atom stereocenters. The fourth-order valence-corrected chi connectivity index (χ4v) is 2.92. The summed E-state index contributed by atoms with van der Waals surface area (Å²) in [7, 11) is 1.56. The summed E-state index contributed by atoms with van der Waals surface area (Å²) < 4.78 is 24.5. The molecule has 156 valence electrons. The molecule has 0 aliphatic heterocycles. The Hall–Kier alpha value is -3.58. The lowest BCUT2D eigenvalue weighted by Crippen LogP contribution is -2.36. The number of methoxy groups -OCH3 is 1. The third kappa shape index (κ3) is 5.48. The normalized spacial score (nSPS) is 10.4. The highest BCUT2D eigenvalue weighted by Crippen LogP contribution is 2.30. The number of aliphatic hydroxyl groups excluding tert-OH is 1. The maximum Gasteiger partial charge on any atom is 0.322 e. The lowest BCUT2D eigenvalue weighted by atomic mass is 10.2. The molecular weight excluding hydrogens is 387 g/mol. The molecule has 0 heterocycles. The van der Waals surface area contributed by atoms with Crippen LogP contribution in [-0.4, -0.2) is 36.3 Å². The van der Waals surface area contributed by atoms with Crippen LogP contribution in [-0.2, 0) is 6.54 Å². The summed E-state index contributed by atoms with van der Waals surface area (Å²) in [6, 6.07) is 19.6. The number of aliphatic hydroxyl groups is 1. The average molecular weight is 410 g/mol. The fourth-order valence-electron chi connectivity index (χ4n) is 2.92. The Balaban J connectivity index is 1.77. The highest BCUT2D eigenvalue weighted by atomic mass is 19.1. The van der Waals surface area contributed by atoms with Crippen LogP contribution in [0.5, 0.6) is 17.2 Å². The molecular formula is C23H23FN2O4. The minimum Gasteiger partial charge on any atom is -0.496 e. The number of halogens is 1. The molecule has 3 rings (SSSR count). The third-order valence-electron chi connectivity index (χ3n) is 4.36. The molecule has 0 radical (unpaired) electrons. The van der Waals surface area contributed by atoms with Crippen LogP contribution in [0.4, 0.5) is 14.9 Å². The largest absolute Gasteiger partial charge is 0.496 e. The topological polar surface area (TPSA) is 71.0 Å². The number of benzene rings is 3. The fraction of sp³-hybridized carbons (Fsp3) is 0.174. The second-order valence-electron chi connectivity index (χ2n) is 6.44. The number of nitrogens with one attached hydrogen (secondary N) is 1. The molecule has 0 fully saturated rings. The van der Waals surface area contributed by atoms with E-state index in [0.29, 0.717) is 22.9 Å². The van der Waals surface area contributed by atoms with Crippen molar-refractivity contribution in [2.24, 2.45) is 0 Å². The van der Waals surface area contributed by atoms with Gasteiger partial charge in [-0.15, -0.1) is 0 Å². The quantitative estimate of drug-likeness (QED) is 0.567. The first-order valence-electron chi connectivity index (χ1n) is 9.42. The summed E-state index contributed by atoms with van der Waals surface area (Å²) in [4.78, 5) is 14.4. The first kappa shape index (κ1) is 21.1. The van der Waals surface area contributed by atoms with Gasteiger partial charge in [0.2, 0.25) is 0 Å². The highest BCUT2D eigenvalue weighted by molar-refractivity contribution is 5.91. The van der Waals surface area contributed by atoms with Crippen molar-refractivity contribution in [3.8, 4) is 17.2 Å². The summed E-state index contributed by atoms with van der Waals surface area (Å²) >= 11 is 0. The molecule has 0 saturated carbocycles. The second-order valence-corrected chi connectivity index (χ2v) is 6.44. The molecule has 3 aromatic rings. The highest BCUT2D eigenvalue weighted by Gasteiger charge is 2.17. The molecule has 0 bridgehead atoms. The molecule has 0 spiro atoms. The van der Waals surface area contributed by atoms with Gasteiger partial charge in [-0.3, -0.25) is 0 Å². The number of hydrogen-bond acceptors (Lipinski definition) is 4. The van der Waals surface area contributed by atoms with E-state index in [1.807, 2.05) is 24.3 Å². The summed E-state index contributed by atoms with van der Waals surface area (Å²) in [5, 5.41) is 12.2. The Morgan fingerprint density at radius 3 is 2.50 bits per heavy atom. The number of hydrogen-bond donors (Lipinski definition) is 2. The number of carbonyl (C=O) groups excluding carboxylic acids is 1. The van der Waals surface area contributed by atoms with Crippen LogP contribution in [0, 0.1) is 5.82 Å². The maximum absolute atomic E-state index is 13.4. The Bertz CT molecular complexity index is 996. The van der Waals surface area contributed by atoms with E-state index >= 15 is 0 Å². The number of urea groups is 1. The molecule has 7 heteroatoms. The molecule has 0 aromatic heterocycles. The number of carbonyl (C=O) groups is 1. The number of nitrogens with zero attached hydrogens (tertiary/aromatic N) is 1. The van der Waals surface area contributed by atoms with Crippen LogP contribution in [0.25, 0.3) is 0 Å². The molecule has 0 saturated heterocycles. The molecule has 2 amide bonds. The smallest absolute Gasteiger partial charge is 0.322 e.